The summed E-state index contributed by atoms with van der Waals surface area (Å²) in [7, 11) is 0. The zero-order valence-electron chi connectivity index (χ0n) is 13.8. The third kappa shape index (κ3) is 5.32. The fourth-order valence-electron chi connectivity index (χ4n) is 2.18. The van der Waals surface area contributed by atoms with Crippen molar-refractivity contribution in [2.24, 2.45) is 0 Å². The Bertz CT molecular complexity index is 963. The minimum Gasteiger partial charge on any atom is -0.323 e. The minimum atomic E-state index is -0.733. The van der Waals surface area contributed by atoms with Crippen LogP contribution in [0.4, 0.5) is 30.1 Å². The van der Waals surface area contributed by atoms with Gasteiger partial charge in [-0.1, -0.05) is 18.2 Å². The van der Waals surface area contributed by atoms with Crippen molar-refractivity contribution in [2.45, 2.75) is 6.42 Å². The summed E-state index contributed by atoms with van der Waals surface area (Å²) in [6, 6.07) is 11.2. The van der Waals surface area contributed by atoms with Crippen LogP contribution < -0.4 is 16.0 Å². The molecule has 3 aromatic rings. The van der Waals surface area contributed by atoms with E-state index in [1.54, 1.807) is 29.6 Å². The largest absolute Gasteiger partial charge is 0.325 e. The summed E-state index contributed by atoms with van der Waals surface area (Å²) in [5.74, 6) is -1.94. The molecule has 2 aromatic carbocycles. The molecule has 138 valence electrons. The number of amides is 3. The number of nitrogens with one attached hydrogen (secondary N) is 3. The standard InChI is InChI=1S/C18H14F2N4O2S/c19-11-6-7-14(20)15(8-11)23-16(25)9-13-10-27-18(22-13)24-17(26)21-12-4-2-1-3-5-12/h1-8,10H,9H2,(H,23,25)(H2,21,22,24,26). The van der Waals surface area contributed by atoms with Crippen molar-refractivity contribution in [1.82, 2.24) is 4.98 Å². The van der Waals surface area contributed by atoms with E-state index in [9.17, 15) is 18.4 Å². The number of aromatic nitrogens is 1. The molecule has 0 fully saturated rings. The molecule has 9 heteroatoms. The molecule has 0 radical (unpaired) electrons. The van der Waals surface area contributed by atoms with E-state index in [0.29, 0.717) is 16.5 Å². The summed E-state index contributed by atoms with van der Waals surface area (Å²) in [5.41, 5.74) is 0.781. The van der Waals surface area contributed by atoms with Crippen LogP contribution >= 0.6 is 11.3 Å². The summed E-state index contributed by atoms with van der Waals surface area (Å²) in [6.07, 6.45) is -0.144. The predicted octanol–water partition coefficient (Wildman–Crippen LogP) is 4.25. The first-order valence-electron chi connectivity index (χ1n) is 7.82. The van der Waals surface area contributed by atoms with Gasteiger partial charge in [0.2, 0.25) is 5.91 Å². The molecule has 3 N–H and O–H groups in total. The van der Waals surface area contributed by atoms with Gasteiger partial charge in [0.15, 0.2) is 5.13 Å². The number of halogens is 2. The van der Waals surface area contributed by atoms with Crippen LogP contribution in [0.1, 0.15) is 5.69 Å². The van der Waals surface area contributed by atoms with Gasteiger partial charge in [-0.05, 0) is 24.3 Å². The molecule has 0 aliphatic carbocycles. The smallest absolute Gasteiger partial charge is 0.323 e. The van der Waals surface area contributed by atoms with Crippen molar-refractivity contribution in [1.29, 1.82) is 0 Å². The lowest BCUT2D eigenvalue weighted by Crippen LogP contribution is -2.19. The maximum Gasteiger partial charge on any atom is 0.325 e. The summed E-state index contributed by atoms with van der Waals surface area (Å²) in [5, 5.41) is 9.41. The van der Waals surface area contributed by atoms with Crippen LogP contribution in [0.5, 0.6) is 0 Å². The topological polar surface area (TPSA) is 83.1 Å². The molecule has 0 aliphatic heterocycles. The van der Waals surface area contributed by atoms with Gasteiger partial charge in [0, 0.05) is 17.1 Å². The summed E-state index contributed by atoms with van der Waals surface area (Å²) < 4.78 is 26.7. The van der Waals surface area contributed by atoms with Gasteiger partial charge in [0.25, 0.3) is 0 Å². The van der Waals surface area contributed by atoms with Crippen molar-refractivity contribution in [2.75, 3.05) is 16.0 Å². The number of hydrogen-bond acceptors (Lipinski definition) is 4. The van der Waals surface area contributed by atoms with Crippen LogP contribution in [0.25, 0.3) is 0 Å². The number of carbonyl (C=O) groups excluding carboxylic acids is 2. The highest BCUT2D eigenvalue weighted by molar-refractivity contribution is 7.14. The maximum absolute atomic E-state index is 13.5. The summed E-state index contributed by atoms with van der Waals surface area (Å²) in [6.45, 7) is 0. The van der Waals surface area contributed by atoms with Gasteiger partial charge in [-0.25, -0.2) is 18.6 Å². The van der Waals surface area contributed by atoms with Crippen LogP contribution in [0.15, 0.2) is 53.9 Å². The normalized spacial score (nSPS) is 10.3. The molecule has 6 nitrogen and oxygen atoms in total. The molecule has 3 rings (SSSR count). The number of urea groups is 1. The van der Waals surface area contributed by atoms with E-state index in [0.717, 1.165) is 29.5 Å². The quantitative estimate of drug-likeness (QED) is 0.611. The van der Waals surface area contributed by atoms with Gasteiger partial charge in [0.1, 0.15) is 11.6 Å². The molecule has 0 unspecified atom stereocenters. The number of carbonyl (C=O) groups is 2. The molecular formula is C18H14F2N4O2S. The second-order valence-corrected chi connectivity index (χ2v) is 6.30. The van der Waals surface area contributed by atoms with E-state index in [2.05, 4.69) is 20.9 Å². The van der Waals surface area contributed by atoms with Gasteiger partial charge < -0.3 is 10.6 Å². The minimum absolute atomic E-state index is 0.144. The van der Waals surface area contributed by atoms with Crippen LogP contribution in [0, 0.1) is 11.6 Å². The molecule has 0 saturated carbocycles. The Hall–Kier alpha value is -3.33. The Morgan fingerprint density at radius 3 is 2.56 bits per heavy atom. The van der Waals surface area contributed by atoms with Crippen LogP contribution in [0.2, 0.25) is 0 Å². The molecular weight excluding hydrogens is 374 g/mol. The molecule has 0 spiro atoms. The Balaban J connectivity index is 1.55. The first-order chi connectivity index (χ1) is 13.0. The van der Waals surface area contributed by atoms with Crippen LogP contribution in [-0.2, 0) is 11.2 Å². The lowest BCUT2D eigenvalue weighted by molar-refractivity contribution is -0.115. The predicted molar refractivity (Wildman–Crippen MR) is 99.9 cm³/mol. The fraction of sp³-hybridized carbons (Fsp3) is 0.0556. The SMILES string of the molecule is O=C(Cc1csc(NC(=O)Nc2ccccc2)n1)Nc1cc(F)ccc1F. The van der Waals surface area contributed by atoms with E-state index in [1.807, 2.05) is 6.07 Å². The highest BCUT2D eigenvalue weighted by Gasteiger charge is 2.12. The fourth-order valence-corrected chi connectivity index (χ4v) is 2.88. The molecule has 1 aromatic heterocycles. The van der Waals surface area contributed by atoms with Crippen LogP contribution in [0.3, 0.4) is 0 Å². The molecule has 0 saturated heterocycles. The highest BCUT2D eigenvalue weighted by Crippen LogP contribution is 2.18. The number of hydrogen-bond donors (Lipinski definition) is 3. The molecule has 0 aliphatic rings. The monoisotopic (exact) mass is 388 g/mol. The first kappa shape index (κ1) is 18.5. The molecule has 3 amide bonds. The number of anilines is 3. The Morgan fingerprint density at radius 2 is 1.78 bits per heavy atom. The lowest BCUT2D eigenvalue weighted by Gasteiger charge is -2.05. The van der Waals surface area contributed by atoms with E-state index in [1.165, 1.54) is 0 Å². The van der Waals surface area contributed by atoms with Gasteiger partial charge in [-0.2, -0.15) is 0 Å². The Labute approximate surface area is 157 Å². The number of nitrogens with zero attached hydrogens (tertiary/aromatic N) is 1. The number of benzene rings is 2. The Kier molecular flexibility index (Phi) is 5.72. The maximum atomic E-state index is 13.5. The molecule has 27 heavy (non-hydrogen) atoms. The third-order valence-corrected chi connectivity index (χ3v) is 4.15. The number of rotatable bonds is 5. The van der Waals surface area contributed by atoms with Crippen molar-refractivity contribution in [3.8, 4) is 0 Å². The van der Waals surface area contributed by atoms with E-state index < -0.39 is 23.6 Å². The van der Waals surface area contributed by atoms with Gasteiger partial charge in [0.05, 0.1) is 17.8 Å². The van der Waals surface area contributed by atoms with Gasteiger partial charge in [-0.3, -0.25) is 10.1 Å². The molecule has 0 bridgehead atoms. The zero-order chi connectivity index (χ0) is 19.2. The second kappa shape index (κ2) is 8.37. The number of para-hydroxylation sites is 1. The van der Waals surface area contributed by atoms with E-state index in [4.69, 9.17) is 0 Å². The summed E-state index contributed by atoms with van der Waals surface area (Å²) in [4.78, 5) is 28.0. The third-order valence-electron chi connectivity index (χ3n) is 3.35. The van der Waals surface area contributed by atoms with Crippen molar-refractivity contribution < 1.29 is 18.4 Å². The average molecular weight is 388 g/mol. The van der Waals surface area contributed by atoms with E-state index >= 15 is 0 Å². The average Bonchev–Trinajstić information content (AvgIpc) is 3.05. The molecule has 1 heterocycles. The number of thiazole rings is 1. The van der Waals surface area contributed by atoms with Gasteiger partial charge >= 0.3 is 6.03 Å². The Morgan fingerprint density at radius 1 is 1.00 bits per heavy atom. The second-order valence-electron chi connectivity index (χ2n) is 5.44. The van der Waals surface area contributed by atoms with Crippen molar-refractivity contribution >= 4 is 39.8 Å². The van der Waals surface area contributed by atoms with Crippen LogP contribution in [-0.4, -0.2) is 16.9 Å². The zero-order valence-corrected chi connectivity index (χ0v) is 14.6. The lowest BCUT2D eigenvalue weighted by atomic mass is 10.2. The van der Waals surface area contributed by atoms with Crippen molar-refractivity contribution in [3.05, 3.63) is 71.2 Å². The first-order valence-corrected chi connectivity index (χ1v) is 8.70. The van der Waals surface area contributed by atoms with Gasteiger partial charge in [-0.15, -0.1) is 11.3 Å². The summed E-state index contributed by atoms with van der Waals surface area (Å²) >= 11 is 1.15. The highest BCUT2D eigenvalue weighted by atomic mass is 32.1. The van der Waals surface area contributed by atoms with E-state index in [-0.39, 0.29) is 12.1 Å². The van der Waals surface area contributed by atoms with Crippen molar-refractivity contribution in [3.63, 3.8) is 0 Å². The molecule has 0 atom stereocenters.